The minimum absolute atomic E-state index is 0.513. The van der Waals surface area contributed by atoms with E-state index in [1.807, 2.05) is 73.5 Å². The zero-order chi connectivity index (χ0) is 15.9. The summed E-state index contributed by atoms with van der Waals surface area (Å²) in [5.41, 5.74) is 2.95. The van der Waals surface area contributed by atoms with Crippen LogP contribution in [0.3, 0.4) is 0 Å². The van der Waals surface area contributed by atoms with Crippen molar-refractivity contribution in [1.82, 2.24) is 0 Å². The minimum atomic E-state index is -0.541. The van der Waals surface area contributed by atoms with Crippen LogP contribution in [0.25, 0.3) is 0 Å². The fourth-order valence-electron chi connectivity index (χ4n) is 2.15. The number of nitrogens with zero attached hydrogens (tertiary/aromatic N) is 1. The van der Waals surface area contributed by atoms with Crippen molar-refractivity contribution < 1.29 is 9.84 Å². The zero-order valence-corrected chi connectivity index (χ0v) is 13.2. The fourth-order valence-corrected chi connectivity index (χ4v) is 2.15. The Hall–Kier alpha value is -2.26. The predicted octanol–water partition coefficient (Wildman–Crippen LogP) is 3.81. The van der Waals surface area contributed by atoms with E-state index in [1.165, 1.54) is 0 Å². The van der Waals surface area contributed by atoms with Gasteiger partial charge in [-0.2, -0.15) is 0 Å². The number of rotatable bonds is 7. The summed E-state index contributed by atoms with van der Waals surface area (Å²) >= 11 is 0. The van der Waals surface area contributed by atoms with E-state index in [2.05, 4.69) is 6.58 Å². The Labute approximate surface area is 132 Å². The van der Waals surface area contributed by atoms with Gasteiger partial charge in [-0.1, -0.05) is 36.9 Å². The van der Waals surface area contributed by atoms with E-state index in [1.54, 1.807) is 0 Å². The van der Waals surface area contributed by atoms with Crippen LogP contribution in [0.1, 0.15) is 18.6 Å². The number of anilines is 1. The highest BCUT2D eigenvalue weighted by Crippen LogP contribution is 2.21. The van der Waals surface area contributed by atoms with Crippen molar-refractivity contribution in [3.8, 4) is 5.75 Å². The molecule has 0 spiro atoms. The first-order valence-electron chi connectivity index (χ1n) is 7.37. The highest BCUT2D eigenvalue weighted by molar-refractivity contribution is 5.45. The Kier molecular flexibility index (Phi) is 5.61. The van der Waals surface area contributed by atoms with Crippen LogP contribution in [0.2, 0.25) is 0 Å². The molecule has 0 radical (unpaired) electrons. The third kappa shape index (κ3) is 4.64. The average molecular weight is 297 g/mol. The number of ether oxygens (including phenoxy) is 1. The molecule has 116 valence electrons. The summed E-state index contributed by atoms with van der Waals surface area (Å²) in [7, 11) is 1.98. The molecule has 2 rings (SSSR count). The van der Waals surface area contributed by atoms with E-state index in [4.69, 9.17) is 4.74 Å². The summed E-state index contributed by atoms with van der Waals surface area (Å²) < 4.78 is 5.56. The number of benzene rings is 2. The lowest BCUT2D eigenvalue weighted by Gasteiger charge is -2.23. The zero-order valence-electron chi connectivity index (χ0n) is 13.2. The van der Waals surface area contributed by atoms with Gasteiger partial charge in [0.2, 0.25) is 0 Å². The third-order valence-electron chi connectivity index (χ3n) is 3.39. The van der Waals surface area contributed by atoms with E-state index in [0.29, 0.717) is 13.2 Å². The van der Waals surface area contributed by atoms with Gasteiger partial charge in [0.25, 0.3) is 0 Å². The minimum Gasteiger partial charge on any atom is -0.489 e. The molecule has 22 heavy (non-hydrogen) atoms. The summed E-state index contributed by atoms with van der Waals surface area (Å²) in [5, 5.41) is 10.4. The Bertz CT molecular complexity index is 593. The molecule has 3 nitrogen and oxygen atoms in total. The highest BCUT2D eigenvalue weighted by Gasteiger charge is 2.11. The molecule has 0 aliphatic carbocycles. The number of likely N-dealkylation sites (N-methyl/N-ethyl adjacent to an activating group) is 1. The molecule has 0 aliphatic rings. The summed E-state index contributed by atoms with van der Waals surface area (Å²) in [4.78, 5) is 2.04. The number of hydrogen-bond donors (Lipinski definition) is 1. The molecular weight excluding hydrogens is 274 g/mol. The topological polar surface area (TPSA) is 32.7 Å². The van der Waals surface area contributed by atoms with Crippen LogP contribution >= 0.6 is 0 Å². The molecule has 1 atom stereocenters. The fraction of sp³-hybridized carbons (Fsp3) is 0.263. The summed E-state index contributed by atoms with van der Waals surface area (Å²) in [5.74, 6) is 0.787. The van der Waals surface area contributed by atoms with Crippen LogP contribution in [0.15, 0.2) is 66.7 Å². The normalized spacial score (nSPS) is 11.8. The maximum absolute atomic E-state index is 10.4. The van der Waals surface area contributed by atoms with E-state index < -0.39 is 6.10 Å². The first-order chi connectivity index (χ1) is 10.6. The van der Waals surface area contributed by atoms with Crippen LogP contribution in [-0.2, 0) is 0 Å². The van der Waals surface area contributed by atoms with Gasteiger partial charge in [-0.25, -0.2) is 0 Å². The molecule has 0 aliphatic heterocycles. The monoisotopic (exact) mass is 297 g/mol. The molecule has 0 saturated heterocycles. The number of para-hydroxylation sites is 1. The molecule has 1 unspecified atom stereocenters. The molecule has 2 aromatic carbocycles. The maximum Gasteiger partial charge on any atom is 0.119 e. The lowest BCUT2D eigenvalue weighted by Crippen LogP contribution is -2.24. The molecule has 3 heteroatoms. The third-order valence-corrected chi connectivity index (χ3v) is 3.39. The van der Waals surface area contributed by atoms with Crippen molar-refractivity contribution in [2.45, 2.75) is 13.0 Å². The first kappa shape index (κ1) is 16.1. The Morgan fingerprint density at radius 1 is 1.14 bits per heavy atom. The van der Waals surface area contributed by atoms with Crippen LogP contribution in [-0.4, -0.2) is 25.3 Å². The SMILES string of the molecule is C=C(C)COc1ccc(C(O)CN(C)c2ccccc2)cc1. The second-order valence-corrected chi connectivity index (χ2v) is 5.55. The molecule has 0 heterocycles. The molecule has 0 amide bonds. The van der Waals surface area contributed by atoms with Gasteiger partial charge in [-0.05, 0) is 42.3 Å². The Morgan fingerprint density at radius 2 is 1.77 bits per heavy atom. The smallest absolute Gasteiger partial charge is 0.119 e. The van der Waals surface area contributed by atoms with Gasteiger partial charge < -0.3 is 14.7 Å². The summed E-state index contributed by atoms with van der Waals surface area (Å²) in [6, 6.07) is 17.6. The van der Waals surface area contributed by atoms with Crippen molar-refractivity contribution in [2.75, 3.05) is 25.1 Å². The quantitative estimate of drug-likeness (QED) is 0.789. The van der Waals surface area contributed by atoms with Crippen molar-refractivity contribution >= 4 is 5.69 Å². The van der Waals surface area contributed by atoms with Crippen molar-refractivity contribution in [2.24, 2.45) is 0 Å². The first-order valence-corrected chi connectivity index (χ1v) is 7.37. The van der Waals surface area contributed by atoms with Gasteiger partial charge >= 0.3 is 0 Å². The van der Waals surface area contributed by atoms with Crippen molar-refractivity contribution in [3.05, 3.63) is 72.3 Å². The maximum atomic E-state index is 10.4. The number of aliphatic hydroxyl groups is 1. The van der Waals surface area contributed by atoms with E-state index in [-0.39, 0.29) is 0 Å². The molecule has 0 aromatic heterocycles. The van der Waals surface area contributed by atoms with Crippen LogP contribution in [0, 0.1) is 0 Å². The molecule has 1 N–H and O–H groups in total. The highest BCUT2D eigenvalue weighted by atomic mass is 16.5. The number of aliphatic hydroxyl groups excluding tert-OH is 1. The van der Waals surface area contributed by atoms with Gasteiger partial charge in [-0.15, -0.1) is 0 Å². The Morgan fingerprint density at radius 3 is 2.36 bits per heavy atom. The number of hydrogen-bond acceptors (Lipinski definition) is 3. The standard InChI is InChI=1S/C19H23NO2/c1-15(2)14-22-18-11-9-16(10-12-18)19(21)13-20(3)17-7-5-4-6-8-17/h4-12,19,21H,1,13-14H2,2-3H3. The Balaban J connectivity index is 1.95. The lowest BCUT2D eigenvalue weighted by atomic mass is 10.1. The van der Waals surface area contributed by atoms with Crippen LogP contribution in [0.4, 0.5) is 5.69 Å². The largest absolute Gasteiger partial charge is 0.489 e. The van der Waals surface area contributed by atoms with Gasteiger partial charge in [-0.3, -0.25) is 0 Å². The van der Waals surface area contributed by atoms with Crippen LogP contribution in [0.5, 0.6) is 5.75 Å². The van der Waals surface area contributed by atoms with E-state index in [0.717, 1.165) is 22.6 Å². The van der Waals surface area contributed by atoms with E-state index >= 15 is 0 Å². The van der Waals surface area contributed by atoms with Crippen LogP contribution < -0.4 is 9.64 Å². The average Bonchev–Trinajstić information content (AvgIpc) is 2.54. The lowest BCUT2D eigenvalue weighted by molar-refractivity contribution is 0.185. The van der Waals surface area contributed by atoms with Gasteiger partial charge in [0.05, 0.1) is 6.10 Å². The molecule has 0 bridgehead atoms. The van der Waals surface area contributed by atoms with Gasteiger partial charge in [0, 0.05) is 19.3 Å². The molecule has 0 saturated carbocycles. The summed E-state index contributed by atoms with van der Waals surface area (Å²) in [6.45, 7) is 6.79. The molecular formula is C19H23NO2. The molecule has 0 fully saturated rings. The summed E-state index contributed by atoms with van der Waals surface area (Å²) in [6.07, 6.45) is -0.541. The second-order valence-electron chi connectivity index (χ2n) is 5.55. The predicted molar refractivity (Wildman–Crippen MR) is 91.4 cm³/mol. The van der Waals surface area contributed by atoms with Crippen molar-refractivity contribution in [3.63, 3.8) is 0 Å². The molecule has 2 aromatic rings. The van der Waals surface area contributed by atoms with Gasteiger partial charge in [0.15, 0.2) is 0 Å². The van der Waals surface area contributed by atoms with E-state index in [9.17, 15) is 5.11 Å². The van der Waals surface area contributed by atoms with Crippen molar-refractivity contribution in [1.29, 1.82) is 0 Å². The second kappa shape index (κ2) is 7.66. The van der Waals surface area contributed by atoms with Gasteiger partial charge in [0.1, 0.15) is 12.4 Å².